The Morgan fingerprint density at radius 3 is 2.06 bits per heavy atom. The van der Waals surface area contributed by atoms with Crippen LogP contribution in [0.1, 0.15) is 58.3 Å². The summed E-state index contributed by atoms with van der Waals surface area (Å²) in [7, 11) is 0. The molecule has 17 heavy (non-hydrogen) atoms. The summed E-state index contributed by atoms with van der Waals surface area (Å²) in [4.78, 5) is 11.8. The lowest BCUT2D eigenvalue weighted by Gasteiger charge is -2.42. The molecule has 3 heteroatoms. The SMILES string of the molecule is C=C(C)C(=O)OC1(C2(O)CCCC2)CCCC1. The molecule has 0 amide bonds. The fraction of sp³-hybridized carbons (Fsp3) is 0.786. The van der Waals surface area contributed by atoms with Gasteiger partial charge in [0.05, 0.1) is 0 Å². The Bertz CT molecular complexity index is 320. The predicted octanol–water partition coefficient (Wildman–Crippen LogP) is 2.72. The minimum atomic E-state index is -0.797. The molecule has 0 aliphatic heterocycles. The third-order valence-electron chi connectivity index (χ3n) is 4.33. The van der Waals surface area contributed by atoms with Crippen molar-refractivity contribution >= 4 is 5.97 Å². The number of aliphatic hydroxyl groups is 1. The lowest BCUT2D eigenvalue weighted by molar-refractivity contribution is -0.190. The summed E-state index contributed by atoms with van der Waals surface area (Å²) in [6.07, 6.45) is 7.24. The number of carbonyl (C=O) groups excluding carboxylic acids is 1. The second-order valence-corrected chi connectivity index (χ2v) is 5.61. The third-order valence-corrected chi connectivity index (χ3v) is 4.33. The molecule has 0 spiro atoms. The van der Waals surface area contributed by atoms with Gasteiger partial charge in [0.15, 0.2) is 0 Å². The van der Waals surface area contributed by atoms with Crippen molar-refractivity contribution in [1.29, 1.82) is 0 Å². The number of hydrogen-bond donors (Lipinski definition) is 1. The van der Waals surface area contributed by atoms with Crippen molar-refractivity contribution in [2.45, 2.75) is 69.5 Å². The average Bonchev–Trinajstić information content (AvgIpc) is 2.88. The van der Waals surface area contributed by atoms with E-state index >= 15 is 0 Å². The van der Waals surface area contributed by atoms with Gasteiger partial charge in [0.2, 0.25) is 0 Å². The molecule has 0 heterocycles. The largest absolute Gasteiger partial charge is 0.453 e. The molecule has 2 aliphatic rings. The summed E-state index contributed by atoms with van der Waals surface area (Å²) in [5.74, 6) is -0.354. The maximum Gasteiger partial charge on any atom is 0.333 e. The van der Waals surface area contributed by atoms with Crippen LogP contribution in [0.2, 0.25) is 0 Å². The van der Waals surface area contributed by atoms with E-state index in [1.54, 1.807) is 6.92 Å². The summed E-state index contributed by atoms with van der Waals surface area (Å²) in [6.45, 7) is 5.28. The second kappa shape index (κ2) is 4.45. The lowest BCUT2D eigenvalue weighted by Crippen LogP contribution is -2.53. The molecule has 0 aromatic carbocycles. The van der Waals surface area contributed by atoms with Gasteiger partial charge < -0.3 is 9.84 Å². The van der Waals surface area contributed by atoms with E-state index in [4.69, 9.17) is 4.74 Å². The average molecular weight is 238 g/mol. The molecule has 0 saturated heterocycles. The van der Waals surface area contributed by atoms with Crippen molar-refractivity contribution in [3.63, 3.8) is 0 Å². The molecule has 0 aromatic rings. The fourth-order valence-electron chi connectivity index (χ4n) is 3.29. The monoisotopic (exact) mass is 238 g/mol. The molecular formula is C14H22O3. The molecule has 96 valence electrons. The molecule has 2 rings (SSSR count). The molecule has 0 bridgehead atoms. The van der Waals surface area contributed by atoms with E-state index < -0.39 is 11.2 Å². The van der Waals surface area contributed by atoms with E-state index in [-0.39, 0.29) is 5.97 Å². The summed E-state index contributed by atoms with van der Waals surface area (Å²) >= 11 is 0. The first kappa shape index (κ1) is 12.6. The summed E-state index contributed by atoms with van der Waals surface area (Å²) < 4.78 is 5.66. The van der Waals surface area contributed by atoms with Gasteiger partial charge in [-0.3, -0.25) is 0 Å². The molecular weight excluding hydrogens is 216 g/mol. The Balaban J connectivity index is 2.20. The zero-order valence-corrected chi connectivity index (χ0v) is 10.6. The Morgan fingerprint density at radius 2 is 1.59 bits per heavy atom. The number of ether oxygens (including phenoxy) is 1. The first-order chi connectivity index (χ1) is 7.99. The van der Waals surface area contributed by atoms with Gasteiger partial charge in [-0.15, -0.1) is 0 Å². The van der Waals surface area contributed by atoms with Crippen molar-refractivity contribution in [1.82, 2.24) is 0 Å². The lowest BCUT2D eigenvalue weighted by atomic mass is 9.79. The third kappa shape index (κ3) is 2.13. The van der Waals surface area contributed by atoms with Crippen molar-refractivity contribution in [3.8, 4) is 0 Å². The van der Waals surface area contributed by atoms with E-state index in [0.717, 1.165) is 51.4 Å². The van der Waals surface area contributed by atoms with Crippen molar-refractivity contribution in [3.05, 3.63) is 12.2 Å². The highest BCUT2D eigenvalue weighted by atomic mass is 16.6. The maximum absolute atomic E-state index is 11.8. The van der Waals surface area contributed by atoms with Gasteiger partial charge in [-0.1, -0.05) is 19.4 Å². The van der Waals surface area contributed by atoms with Crippen LogP contribution in [0, 0.1) is 0 Å². The van der Waals surface area contributed by atoms with Crippen molar-refractivity contribution < 1.29 is 14.6 Å². The highest BCUT2D eigenvalue weighted by Gasteiger charge is 2.55. The number of hydrogen-bond acceptors (Lipinski definition) is 3. The van der Waals surface area contributed by atoms with Crippen LogP contribution in [-0.2, 0) is 9.53 Å². The van der Waals surface area contributed by atoms with Gasteiger partial charge in [0.25, 0.3) is 0 Å². The van der Waals surface area contributed by atoms with Gasteiger partial charge in [-0.05, 0) is 45.4 Å². The van der Waals surface area contributed by atoms with Crippen LogP contribution >= 0.6 is 0 Å². The number of carbonyl (C=O) groups is 1. The minimum Gasteiger partial charge on any atom is -0.453 e. The number of esters is 1. The quantitative estimate of drug-likeness (QED) is 0.607. The van der Waals surface area contributed by atoms with E-state index in [1.807, 2.05) is 0 Å². The summed E-state index contributed by atoms with van der Waals surface area (Å²) in [5.41, 5.74) is -1.02. The number of rotatable bonds is 3. The Morgan fingerprint density at radius 1 is 1.12 bits per heavy atom. The minimum absolute atomic E-state index is 0.354. The van der Waals surface area contributed by atoms with Crippen LogP contribution in [0.4, 0.5) is 0 Å². The molecule has 2 aliphatic carbocycles. The van der Waals surface area contributed by atoms with Crippen LogP contribution in [0.5, 0.6) is 0 Å². The van der Waals surface area contributed by atoms with Crippen LogP contribution in [0.15, 0.2) is 12.2 Å². The first-order valence-electron chi connectivity index (χ1n) is 6.60. The van der Waals surface area contributed by atoms with Crippen LogP contribution in [0.3, 0.4) is 0 Å². The topological polar surface area (TPSA) is 46.5 Å². The van der Waals surface area contributed by atoms with E-state index in [1.165, 1.54) is 0 Å². The molecule has 2 fully saturated rings. The van der Waals surface area contributed by atoms with Crippen LogP contribution in [-0.4, -0.2) is 22.3 Å². The van der Waals surface area contributed by atoms with E-state index in [2.05, 4.69) is 6.58 Å². The van der Waals surface area contributed by atoms with Crippen LogP contribution in [0.25, 0.3) is 0 Å². The fourth-order valence-corrected chi connectivity index (χ4v) is 3.29. The predicted molar refractivity (Wildman–Crippen MR) is 65.5 cm³/mol. The molecule has 2 saturated carbocycles. The summed E-state index contributed by atoms with van der Waals surface area (Å²) in [6, 6.07) is 0. The highest BCUT2D eigenvalue weighted by Crippen LogP contribution is 2.49. The Hall–Kier alpha value is -0.830. The molecule has 1 N–H and O–H groups in total. The zero-order valence-electron chi connectivity index (χ0n) is 10.6. The van der Waals surface area contributed by atoms with Crippen LogP contribution < -0.4 is 0 Å². The van der Waals surface area contributed by atoms with Gasteiger partial charge in [0.1, 0.15) is 11.2 Å². The van der Waals surface area contributed by atoms with Crippen molar-refractivity contribution in [2.24, 2.45) is 0 Å². The molecule has 0 atom stereocenters. The smallest absolute Gasteiger partial charge is 0.333 e. The molecule has 3 nitrogen and oxygen atoms in total. The molecule has 0 unspecified atom stereocenters. The van der Waals surface area contributed by atoms with E-state index in [9.17, 15) is 9.90 Å². The molecule has 0 radical (unpaired) electrons. The van der Waals surface area contributed by atoms with E-state index in [0.29, 0.717) is 5.57 Å². The van der Waals surface area contributed by atoms with Gasteiger partial charge in [-0.25, -0.2) is 4.79 Å². The van der Waals surface area contributed by atoms with Crippen molar-refractivity contribution in [2.75, 3.05) is 0 Å². The Kier molecular flexibility index (Phi) is 3.30. The van der Waals surface area contributed by atoms with Gasteiger partial charge >= 0.3 is 5.97 Å². The zero-order chi connectivity index (χ0) is 12.5. The van der Waals surface area contributed by atoms with Gasteiger partial charge in [-0.2, -0.15) is 0 Å². The maximum atomic E-state index is 11.8. The standard InChI is InChI=1S/C14H22O3/c1-11(2)12(15)17-14(9-5-6-10-14)13(16)7-3-4-8-13/h16H,1,3-10H2,2H3. The second-order valence-electron chi connectivity index (χ2n) is 5.61. The highest BCUT2D eigenvalue weighted by molar-refractivity contribution is 5.87. The summed E-state index contributed by atoms with van der Waals surface area (Å²) in [5, 5.41) is 10.8. The Labute approximate surface area is 103 Å². The normalized spacial score (nSPS) is 25.8. The first-order valence-corrected chi connectivity index (χ1v) is 6.60. The molecule has 0 aromatic heterocycles. The van der Waals surface area contributed by atoms with Gasteiger partial charge in [0, 0.05) is 5.57 Å².